The third kappa shape index (κ3) is 3.45. The number of carboxylic acid groups (broad SMARTS) is 1. The van der Waals surface area contributed by atoms with Gasteiger partial charge in [-0.15, -0.1) is 0 Å². The van der Waals surface area contributed by atoms with Gasteiger partial charge in [0.05, 0.1) is 5.92 Å². The van der Waals surface area contributed by atoms with Crippen molar-refractivity contribution < 1.29 is 14.7 Å². The summed E-state index contributed by atoms with van der Waals surface area (Å²) in [4.78, 5) is 24.7. The summed E-state index contributed by atoms with van der Waals surface area (Å²) in [6.07, 6.45) is 2.97. The van der Waals surface area contributed by atoms with Crippen molar-refractivity contribution in [1.82, 2.24) is 4.90 Å². The summed E-state index contributed by atoms with van der Waals surface area (Å²) in [5.41, 5.74) is -0.363. The molecule has 1 amide bonds. The van der Waals surface area contributed by atoms with E-state index in [1.165, 1.54) is 0 Å². The van der Waals surface area contributed by atoms with Crippen LogP contribution in [0.2, 0.25) is 0 Å². The van der Waals surface area contributed by atoms with Crippen molar-refractivity contribution in [3.05, 3.63) is 0 Å². The molecule has 0 bridgehead atoms. The van der Waals surface area contributed by atoms with Crippen molar-refractivity contribution in [3.8, 4) is 0 Å². The molecular weight excluding hydrogens is 218 g/mol. The molecule has 0 unspecified atom stereocenters. The molecule has 1 N–H and O–H groups in total. The first-order valence-corrected chi connectivity index (χ1v) is 6.23. The van der Waals surface area contributed by atoms with Crippen LogP contribution in [0.1, 0.15) is 46.5 Å². The van der Waals surface area contributed by atoms with Gasteiger partial charge in [-0.1, -0.05) is 20.8 Å². The summed E-state index contributed by atoms with van der Waals surface area (Å²) in [6, 6.07) is 0.206. The number of carbonyl (C=O) groups is 2. The molecule has 1 rings (SSSR count). The fourth-order valence-electron chi connectivity index (χ4n) is 2.40. The summed E-state index contributed by atoms with van der Waals surface area (Å²) in [5, 5.41) is 8.92. The van der Waals surface area contributed by atoms with E-state index in [0.717, 1.165) is 12.8 Å². The molecule has 0 aromatic heterocycles. The van der Waals surface area contributed by atoms with Crippen LogP contribution in [0, 0.1) is 11.3 Å². The summed E-state index contributed by atoms with van der Waals surface area (Å²) >= 11 is 0. The molecule has 0 aliphatic heterocycles. The van der Waals surface area contributed by atoms with Crippen LogP contribution < -0.4 is 0 Å². The number of aliphatic carboxylic acids is 1. The highest BCUT2D eigenvalue weighted by molar-refractivity contribution is 5.81. The van der Waals surface area contributed by atoms with E-state index in [-0.39, 0.29) is 23.3 Å². The number of carbonyl (C=O) groups excluding carboxylic acids is 1. The minimum absolute atomic E-state index is 0.135. The van der Waals surface area contributed by atoms with E-state index in [1.807, 2.05) is 27.8 Å². The Labute approximate surface area is 103 Å². The molecule has 17 heavy (non-hydrogen) atoms. The van der Waals surface area contributed by atoms with Gasteiger partial charge < -0.3 is 10.0 Å². The Hall–Kier alpha value is -1.06. The standard InChI is InChI=1S/C13H23NO3/c1-13(2,3)12(17)14(4)10-7-5-9(6-8-10)11(15)16/h9-10H,5-8H2,1-4H3,(H,15,16). The second-order valence-corrected chi connectivity index (χ2v) is 6.01. The Morgan fingerprint density at radius 1 is 1.12 bits per heavy atom. The normalized spacial score (nSPS) is 25.4. The Morgan fingerprint density at radius 2 is 1.59 bits per heavy atom. The van der Waals surface area contributed by atoms with E-state index >= 15 is 0 Å². The molecule has 0 radical (unpaired) electrons. The Kier molecular flexibility index (Phi) is 4.17. The van der Waals surface area contributed by atoms with Crippen LogP contribution in [0.15, 0.2) is 0 Å². The van der Waals surface area contributed by atoms with Crippen molar-refractivity contribution in [1.29, 1.82) is 0 Å². The fourth-order valence-corrected chi connectivity index (χ4v) is 2.40. The van der Waals surface area contributed by atoms with Crippen molar-refractivity contribution in [2.75, 3.05) is 7.05 Å². The second kappa shape index (κ2) is 5.07. The van der Waals surface area contributed by atoms with Gasteiger partial charge >= 0.3 is 5.97 Å². The van der Waals surface area contributed by atoms with Gasteiger partial charge in [-0.2, -0.15) is 0 Å². The summed E-state index contributed by atoms with van der Waals surface area (Å²) in [5.74, 6) is -0.783. The quantitative estimate of drug-likeness (QED) is 0.805. The van der Waals surface area contributed by atoms with Crippen LogP contribution in [-0.4, -0.2) is 35.0 Å². The zero-order valence-electron chi connectivity index (χ0n) is 11.2. The first kappa shape index (κ1) is 14.0. The number of carboxylic acids is 1. The average molecular weight is 241 g/mol. The highest BCUT2D eigenvalue weighted by atomic mass is 16.4. The molecular formula is C13H23NO3. The minimum Gasteiger partial charge on any atom is -0.481 e. The van der Waals surface area contributed by atoms with E-state index < -0.39 is 5.97 Å². The molecule has 1 aliphatic rings. The molecule has 0 aromatic rings. The van der Waals surface area contributed by atoms with Gasteiger partial charge in [0.2, 0.25) is 5.91 Å². The Bertz CT molecular complexity index is 298. The summed E-state index contributed by atoms with van der Waals surface area (Å²) in [7, 11) is 1.83. The lowest BCUT2D eigenvalue weighted by atomic mass is 9.84. The smallest absolute Gasteiger partial charge is 0.306 e. The van der Waals surface area contributed by atoms with Crippen LogP contribution in [0.3, 0.4) is 0 Å². The van der Waals surface area contributed by atoms with Gasteiger partial charge in [-0.25, -0.2) is 0 Å². The maximum absolute atomic E-state index is 12.1. The lowest BCUT2D eigenvalue weighted by molar-refractivity contribution is -0.144. The maximum atomic E-state index is 12.1. The largest absolute Gasteiger partial charge is 0.481 e. The first-order valence-electron chi connectivity index (χ1n) is 6.23. The van der Waals surface area contributed by atoms with Gasteiger partial charge in [0.1, 0.15) is 0 Å². The van der Waals surface area contributed by atoms with Crippen molar-refractivity contribution in [2.45, 2.75) is 52.5 Å². The van der Waals surface area contributed by atoms with Gasteiger partial charge in [0, 0.05) is 18.5 Å². The molecule has 1 aliphatic carbocycles. The summed E-state index contributed by atoms with van der Waals surface area (Å²) < 4.78 is 0. The average Bonchev–Trinajstić information content (AvgIpc) is 2.26. The van der Waals surface area contributed by atoms with Crippen molar-refractivity contribution in [2.24, 2.45) is 11.3 Å². The molecule has 4 nitrogen and oxygen atoms in total. The van der Waals surface area contributed by atoms with E-state index in [0.29, 0.717) is 12.8 Å². The third-order valence-electron chi connectivity index (χ3n) is 3.56. The molecule has 0 spiro atoms. The predicted octanol–water partition coefficient (Wildman–Crippen LogP) is 2.13. The lowest BCUT2D eigenvalue weighted by Crippen LogP contribution is -2.45. The molecule has 4 heteroatoms. The minimum atomic E-state index is -0.701. The van der Waals surface area contributed by atoms with Crippen molar-refractivity contribution >= 4 is 11.9 Å². The number of hydrogen-bond acceptors (Lipinski definition) is 2. The van der Waals surface area contributed by atoms with Gasteiger partial charge in [-0.3, -0.25) is 9.59 Å². The maximum Gasteiger partial charge on any atom is 0.306 e. The molecule has 1 saturated carbocycles. The van der Waals surface area contributed by atoms with Crippen LogP contribution in [-0.2, 0) is 9.59 Å². The Balaban J connectivity index is 2.54. The van der Waals surface area contributed by atoms with Crippen LogP contribution in [0.4, 0.5) is 0 Å². The van der Waals surface area contributed by atoms with Gasteiger partial charge in [-0.05, 0) is 25.7 Å². The van der Waals surface area contributed by atoms with Gasteiger partial charge in [0.15, 0.2) is 0 Å². The number of amides is 1. The van der Waals surface area contributed by atoms with E-state index in [1.54, 1.807) is 4.90 Å². The number of hydrogen-bond donors (Lipinski definition) is 1. The molecule has 0 heterocycles. The fraction of sp³-hybridized carbons (Fsp3) is 0.846. The van der Waals surface area contributed by atoms with E-state index in [4.69, 9.17) is 5.11 Å². The van der Waals surface area contributed by atoms with Crippen molar-refractivity contribution in [3.63, 3.8) is 0 Å². The van der Waals surface area contributed by atoms with Crippen LogP contribution in [0.5, 0.6) is 0 Å². The molecule has 1 fully saturated rings. The highest BCUT2D eigenvalue weighted by Gasteiger charge is 2.33. The van der Waals surface area contributed by atoms with E-state index in [9.17, 15) is 9.59 Å². The highest BCUT2D eigenvalue weighted by Crippen LogP contribution is 2.29. The SMILES string of the molecule is CN(C(=O)C(C)(C)C)C1CCC(C(=O)O)CC1. The number of nitrogens with zero attached hydrogens (tertiary/aromatic N) is 1. The summed E-state index contributed by atoms with van der Waals surface area (Å²) in [6.45, 7) is 5.73. The lowest BCUT2D eigenvalue weighted by Gasteiger charge is -2.36. The molecule has 0 atom stereocenters. The Morgan fingerprint density at radius 3 is 1.94 bits per heavy atom. The molecule has 0 saturated heterocycles. The third-order valence-corrected chi connectivity index (χ3v) is 3.56. The molecule has 0 aromatic carbocycles. The topological polar surface area (TPSA) is 57.6 Å². The molecule has 98 valence electrons. The van der Waals surface area contributed by atoms with Crippen LogP contribution >= 0.6 is 0 Å². The van der Waals surface area contributed by atoms with Crippen LogP contribution in [0.25, 0.3) is 0 Å². The number of rotatable bonds is 2. The first-order chi connectivity index (χ1) is 7.73. The second-order valence-electron chi connectivity index (χ2n) is 6.01. The zero-order chi connectivity index (χ0) is 13.2. The van der Waals surface area contributed by atoms with E-state index in [2.05, 4.69) is 0 Å². The zero-order valence-corrected chi connectivity index (χ0v) is 11.2. The predicted molar refractivity (Wildman–Crippen MR) is 65.6 cm³/mol. The monoisotopic (exact) mass is 241 g/mol. The van der Waals surface area contributed by atoms with Gasteiger partial charge in [0.25, 0.3) is 0 Å².